The van der Waals surface area contributed by atoms with E-state index in [1.54, 1.807) is 0 Å². The zero-order chi connectivity index (χ0) is 13.8. The van der Waals surface area contributed by atoms with Crippen molar-refractivity contribution in [3.05, 3.63) is 0 Å². The molecule has 1 saturated carbocycles. The van der Waals surface area contributed by atoms with Gasteiger partial charge in [0.15, 0.2) is 0 Å². The summed E-state index contributed by atoms with van der Waals surface area (Å²) in [6.07, 6.45) is 7.36. The Morgan fingerprint density at radius 3 is 2.47 bits per heavy atom. The van der Waals surface area contributed by atoms with Gasteiger partial charge in [0.25, 0.3) is 0 Å². The van der Waals surface area contributed by atoms with E-state index < -0.39 is 5.97 Å². The van der Waals surface area contributed by atoms with Crippen LogP contribution in [0.5, 0.6) is 0 Å². The molecule has 3 nitrogen and oxygen atoms in total. The molecule has 0 aromatic carbocycles. The smallest absolute Gasteiger partial charge is 0.307 e. The number of hydrogen-bond donors (Lipinski definition) is 1. The number of carboxylic acid groups (broad SMARTS) is 1. The predicted octanol–water partition coefficient (Wildman–Crippen LogP) is 3.25. The van der Waals surface area contributed by atoms with Crippen molar-refractivity contribution >= 4 is 5.97 Å². The van der Waals surface area contributed by atoms with Crippen LogP contribution in [0.4, 0.5) is 0 Å². The summed E-state index contributed by atoms with van der Waals surface area (Å²) in [6.45, 7) is 7.70. The van der Waals surface area contributed by atoms with Crippen LogP contribution in [0.25, 0.3) is 0 Å². The fraction of sp³-hybridized carbons (Fsp3) is 0.938. The second kappa shape index (κ2) is 6.74. The van der Waals surface area contributed by atoms with E-state index in [2.05, 4.69) is 18.7 Å². The van der Waals surface area contributed by atoms with E-state index in [0.717, 1.165) is 50.2 Å². The zero-order valence-corrected chi connectivity index (χ0v) is 12.5. The highest BCUT2D eigenvalue weighted by Crippen LogP contribution is 2.34. The van der Waals surface area contributed by atoms with Crippen LogP contribution >= 0.6 is 0 Å². The molecular formula is C16H29NO2. The Hall–Kier alpha value is -0.570. The summed E-state index contributed by atoms with van der Waals surface area (Å²) >= 11 is 0. The van der Waals surface area contributed by atoms with Crippen molar-refractivity contribution in [2.24, 2.45) is 23.7 Å². The molecule has 1 aliphatic carbocycles. The van der Waals surface area contributed by atoms with Gasteiger partial charge in [0.2, 0.25) is 0 Å². The van der Waals surface area contributed by atoms with Gasteiger partial charge in [0, 0.05) is 13.1 Å². The molecule has 0 bridgehead atoms. The number of carboxylic acids is 1. The predicted molar refractivity (Wildman–Crippen MR) is 77.1 cm³/mol. The van der Waals surface area contributed by atoms with Gasteiger partial charge in [-0.25, -0.2) is 0 Å². The van der Waals surface area contributed by atoms with Crippen LogP contribution in [0.3, 0.4) is 0 Å². The number of likely N-dealkylation sites (tertiary alicyclic amines) is 1. The highest BCUT2D eigenvalue weighted by molar-refractivity contribution is 5.70. The van der Waals surface area contributed by atoms with Gasteiger partial charge in [-0.05, 0) is 62.8 Å². The average molecular weight is 267 g/mol. The molecule has 0 spiro atoms. The maximum Gasteiger partial charge on any atom is 0.307 e. The van der Waals surface area contributed by atoms with E-state index >= 15 is 0 Å². The maximum atomic E-state index is 11.1. The van der Waals surface area contributed by atoms with Crippen LogP contribution < -0.4 is 0 Å². The molecule has 1 aliphatic heterocycles. The summed E-state index contributed by atoms with van der Waals surface area (Å²) < 4.78 is 0. The van der Waals surface area contributed by atoms with E-state index in [0.29, 0.717) is 0 Å². The molecule has 1 atom stereocenters. The van der Waals surface area contributed by atoms with Crippen LogP contribution in [0, 0.1) is 23.7 Å². The number of nitrogens with zero attached hydrogens (tertiary/aromatic N) is 1. The molecule has 110 valence electrons. The molecule has 1 saturated heterocycles. The lowest BCUT2D eigenvalue weighted by Crippen LogP contribution is -2.41. The summed E-state index contributed by atoms with van der Waals surface area (Å²) in [5, 5.41) is 9.13. The molecule has 2 aliphatic rings. The number of hydrogen-bond acceptors (Lipinski definition) is 2. The minimum atomic E-state index is -0.604. The number of aliphatic carboxylic acids is 1. The van der Waals surface area contributed by atoms with Crippen LogP contribution in [0.1, 0.15) is 52.4 Å². The van der Waals surface area contributed by atoms with Crippen molar-refractivity contribution in [2.45, 2.75) is 52.4 Å². The van der Waals surface area contributed by atoms with Gasteiger partial charge < -0.3 is 10.0 Å². The lowest BCUT2D eigenvalue weighted by Gasteiger charge is -2.37. The molecule has 3 heteroatoms. The highest BCUT2D eigenvalue weighted by Gasteiger charge is 2.29. The minimum Gasteiger partial charge on any atom is -0.481 e. The molecule has 1 N–H and O–H groups in total. The van der Waals surface area contributed by atoms with Crippen LogP contribution in [0.15, 0.2) is 0 Å². The molecule has 0 aromatic heterocycles. The Morgan fingerprint density at radius 2 is 1.89 bits per heavy atom. The zero-order valence-electron chi connectivity index (χ0n) is 12.5. The second-order valence-corrected chi connectivity index (χ2v) is 6.96. The third-order valence-corrected chi connectivity index (χ3v) is 5.21. The standard InChI is InChI=1S/C16H29NO2/c1-12(2)14-7-5-13(6-8-14)10-17-9-3-4-15(11-17)16(18)19/h12-15H,3-11H2,1-2H3,(H,18,19). The fourth-order valence-electron chi connectivity index (χ4n) is 3.83. The molecule has 1 unspecified atom stereocenters. The minimum absolute atomic E-state index is 0.124. The largest absolute Gasteiger partial charge is 0.481 e. The maximum absolute atomic E-state index is 11.1. The molecule has 0 aromatic rings. The van der Waals surface area contributed by atoms with Gasteiger partial charge in [-0.2, -0.15) is 0 Å². The van der Waals surface area contributed by atoms with Gasteiger partial charge in [0.05, 0.1) is 5.92 Å². The average Bonchev–Trinajstić information content (AvgIpc) is 2.39. The van der Waals surface area contributed by atoms with Gasteiger partial charge in [-0.15, -0.1) is 0 Å². The quantitative estimate of drug-likeness (QED) is 0.850. The summed E-state index contributed by atoms with van der Waals surface area (Å²) in [6, 6.07) is 0. The molecule has 19 heavy (non-hydrogen) atoms. The second-order valence-electron chi connectivity index (χ2n) is 6.96. The van der Waals surface area contributed by atoms with Crippen molar-refractivity contribution < 1.29 is 9.90 Å². The van der Waals surface area contributed by atoms with E-state index in [9.17, 15) is 4.79 Å². The third kappa shape index (κ3) is 4.20. The first-order valence-corrected chi connectivity index (χ1v) is 8.01. The number of rotatable bonds is 4. The van der Waals surface area contributed by atoms with Crippen molar-refractivity contribution in [3.63, 3.8) is 0 Å². The normalized spacial score (nSPS) is 33.5. The first-order valence-electron chi connectivity index (χ1n) is 8.01. The van der Waals surface area contributed by atoms with Gasteiger partial charge in [0.1, 0.15) is 0 Å². The molecule has 1 heterocycles. The number of piperidine rings is 1. The first kappa shape index (κ1) is 14.8. The first-order chi connectivity index (χ1) is 9.06. The summed E-state index contributed by atoms with van der Waals surface area (Å²) in [4.78, 5) is 13.5. The van der Waals surface area contributed by atoms with Gasteiger partial charge in [-0.1, -0.05) is 13.8 Å². The van der Waals surface area contributed by atoms with Gasteiger partial charge >= 0.3 is 5.97 Å². The molecule has 2 fully saturated rings. The van der Waals surface area contributed by atoms with Crippen molar-refractivity contribution in [2.75, 3.05) is 19.6 Å². The van der Waals surface area contributed by atoms with Crippen molar-refractivity contribution in [1.82, 2.24) is 4.90 Å². The highest BCUT2D eigenvalue weighted by atomic mass is 16.4. The lowest BCUT2D eigenvalue weighted by atomic mass is 9.76. The van der Waals surface area contributed by atoms with Crippen LogP contribution in [0.2, 0.25) is 0 Å². The lowest BCUT2D eigenvalue weighted by molar-refractivity contribution is -0.143. The van der Waals surface area contributed by atoms with Crippen LogP contribution in [-0.2, 0) is 4.79 Å². The Bertz CT molecular complexity index is 295. The Morgan fingerprint density at radius 1 is 1.21 bits per heavy atom. The van der Waals surface area contributed by atoms with Crippen LogP contribution in [-0.4, -0.2) is 35.6 Å². The Labute approximate surface area is 117 Å². The molecular weight excluding hydrogens is 238 g/mol. The fourth-order valence-corrected chi connectivity index (χ4v) is 3.83. The van der Waals surface area contributed by atoms with E-state index in [1.807, 2.05) is 0 Å². The summed E-state index contributed by atoms with van der Waals surface area (Å²) in [7, 11) is 0. The van der Waals surface area contributed by atoms with Gasteiger partial charge in [-0.3, -0.25) is 4.79 Å². The molecule has 0 amide bonds. The van der Waals surface area contributed by atoms with Crippen molar-refractivity contribution in [1.29, 1.82) is 0 Å². The van der Waals surface area contributed by atoms with Crippen molar-refractivity contribution in [3.8, 4) is 0 Å². The molecule has 2 rings (SSSR count). The SMILES string of the molecule is CC(C)C1CCC(CN2CCCC(C(=O)O)C2)CC1. The summed E-state index contributed by atoms with van der Waals surface area (Å²) in [5.74, 6) is 1.83. The molecule has 0 radical (unpaired) electrons. The topological polar surface area (TPSA) is 40.5 Å². The number of carbonyl (C=O) groups is 1. The Balaban J connectivity index is 1.74. The monoisotopic (exact) mass is 267 g/mol. The Kier molecular flexibility index (Phi) is 5.26. The van der Waals surface area contributed by atoms with E-state index in [1.165, 1.54) is 25.7 Å². The third-order valence-electron chi connectivity index (χ3n) is 5.21. The van der Waals surface area contributed by atoms with E-state index in [4.69, 9.17) is 5.11 Å². The van der Waals surface area contributed by atoms with E-state index in [-0.39, 0.29) is 5.92 Å². The summed E-state index contributed by atoms with van der Waals surface area (Å²) in [5.41, 5.74) is 0.